The predicted octanol–water partition coefficient (Wildman–Crippen LogP) is 5.18. The highest BCUT2D eigenvalue weighted by molar-refractivity contribution is 6.69. The van der Waals surface area contributed by atoms with Gasteiger partial charge in [-0.3, -0.25) is 4.90 Å². The topological polar surface area (TPSA) is 12.2 Å². The minimum Gasteiger partial charge on any atom is -0.399 e. The molecule has 1 aliphatic rings. The molecule has 0 aromatic heterocycles. The maximum Gasteiger partial charge on any atom is 0.422 e. The molecule has 0 spiro atoms. The first-order valence-electron chi connectivity index (χ1n) is 8.74. The average molecular weight is 379 g/mol. The van der Waals surface area contributed by atoms with E-state index in [4.69, 9.17) is 4.43 Å². The maximum atomic E-state index is 14.5. The number of rotatable bonds is 6. The molecule has 0 saturated carbocycles. The Bertz CT molecular complexity index is 730. The van der Waals surface area contributed by atoms with Crippen molar-refractivity contribution in [3.05, 3.63) is 71.8 Å². The Morgan fingerprint density at radius 1 is 0.962 bits per heavy atom. The third kappa shape index (κ3) is 3.87. The lowest BCUT2D eigenvalue weighted by Crippen LogP contribution is -2.55. The van der Waals surface area contributed by atoms with Gasteiger partial charge in [-0.1, -0.05) is 60.7 Å². The van der Waals surface area contributed by atoms with Gasteiger partial charge in [0.25, 0.3) is 0 Å². The molecule has 0 bridgehead atoms. The Morgan fingerprint density at radius 3 is 2.00 bits per heavy atom. The van der Waals surface area contributed by atoms with E-state index in [0.717, 1.165) is 5.56 Å². The summed E-state index contributed by atoms with van der Waals surface area (Å²) >= 11 is 0. The van der Waals surface area contributed by atoms with E-state index in [-0.39, 0.29) is 5.56 Å². The van der Waals surface area contributed by atoms with Crippen molar-refractivity contribution in [2.45, 2.75) is 44.0 Å². The summed E-state index contributed by atoms with van der Waals surface area (Å²) in [6.07, 6.45) is -4.50. The standard InChI is InChI=1S/C20H24F3NOSi/c1-26(2,3)25-19(20(21,22)23,17-12-8-5-9-13-17)18-15-24(18)14-16-10-6-4-7-11-16/h4-13,18H,14-15H2,1-3H3. The molecule has 3 rings (SSSR count). The van der Waals surface area contributed by atoms with E-state index in [1.807, 2.05) is 35.2 Å². The van der Waals surface area contributed by atoms with E-state index in [0.29, 0.717) is 13.1 Å². The van der Waals surface area contributed by atoms with Crippen LogP contribution >= 0.6 is 0 Å². The molecule has 140 valence electrons. The summed E-state index contributed by atoms with van der Waals surface area (Å²) in [4.78, 5) is 1.84. The molecule has 1 fully saturated rings. The van der Waals surface area contributed by atoms with E-state index >= 15 is 0 Å². The monoisotopic (exact) mass is 379 g/mol. The van der Waals surface area contributed by atoms with Crippen molar-refractivity contribution >= 4 is 8.32 Å². The SMILES string of the molecule is C[Si](C)(C)OC(c1ccccc1)(C1CN1Cc1ccccc1)C(F)(F)F. The molecule has 3 atom stereocenters. The molecule has 1 heterocycles. The second-order valence-electron chi connectivity index (χ2n) is 7.74. The second-order valence-corrected chi connectivity index (χ2v) is 12.2. The molecular weight excluding hydrogens is 355 g/mol. The molecule has 6 heteroatoms. The van der Waals surface area contributed by atoms with Crippen molar-refractivity contribution < 1.29 is 17.6 Å². The van der Waals surface area contributed by atoms with Gasteiger partial charge in [0.1, 0.15) is 0 Å². The number of nitrogens with zero attached hydrogens (tertiary/aromatic N) is 1. The molecule has 1 aliphatic heterocycles. The van der Waals surface area contributed by atoms with E-state index < -0.39 is 26.1 Å². The van der Waals surface area contributed by atoms with Gasteiger partial charge in [-0.05, 0) is 30.8 Å². The smallest absolute Gasteiger partial charge is 0.399 e. The fourth-order valence-corrected chi connectivity index (χ4v) is 4.79. The molecule has 0 amide bonds. The molecule has 0 radical (unpaired) electrons. The van der Waals surface area contributed by atoms with Gasteiger partial charge in [0.05, 0.1) is 6.04 Å². The Kier molecular flexibility index (Phi) is 5.03. The van der Waals surface area contributed by atoms with Crippen LogP contribution in [-0.4, -0.2) is 32.0 Å². The average Bonchev–Trinajstić information content (AvgIpc) is 3.32. The molecule has 2 aromatic rings. The highest BCUT2D eigenvalue weighted by Crippen LogP contribution is 2.52. The van der Waals surface area contributed by atoms with Gasteiger partial charge < -0.3 is 4.43 Å². The third-order valence-electron chi connectivity index (χ3n) is 4.50. The fraction of sp³-hybridized carbons (Fsp3) is 0.400. The van der Waals surface area contributed by atoms with Gasteiger partial charge in [-0.15, -0.1) is 0 Å². The zero-order valence-electron chi connectivity index (χ0n) is 15.3. The van der Waals surface area contributed by atoms with Crippen molar-refractivity contribution in [1.82, 2.24) is 4.90 Å². The molecule has 1 saturated heterocycles. The summed E-state index contributed by atoms with van der Waals surface area (Å²) < 4.78 is 49.3. The van der Waals surface area contributed by atoms with Crippen LogP contribution in [0.3, 0.4) is 0 Å². The number of hydrogen-bond acceptors (Lipinski definition) is 2. The summed E-state index contributed by atoms with van der Waals surface area (Å²) in [5.74, 6) is 0. The van der Waals surface area contributed by atoms with Gasteiger partial charge in [0.2, 0.25) is 0 Å². The Hall–Kier alpha value is -1.63. The first-order valence-corrected chi connectivity index (χ1v) is 12.1. The van der Waals surface area contributed by atoms with E-state index in [2.05, 4.69) is 0 Å². The van der Waals surface area contributed by atoms with Crippen LogP contribution in [0, 0.1) is 0 Å². The molecule has 2 aromatic carbocycles. The van der Waals surface area contributed by atoms with Gasteiger partial charge >= 0.3 is 6.18 Å². The molecule has 3 unspecified atom stereocenters. The van der Waals surface area contributed by atoms with Crippen LogP contribution in [-0.2, 0) is 16.6 Å². The lowest BCUT2D eigenvalue weighted by atomic mass is 9.89. The molecule has 0 N–H and O–H groups in total. The second kappa shape index (κ2) is 6.83. The lowest BCUT2D eigenvalue weighted by Gasteiger charge is -2.41. The summed E-state index contributed by atoms with van der Waals surface area (Å²) in [6, 6.07) is 17.0. The predicted molar refractivity (Wildman–Crippen MR) is 99.2 cm³/mol. The van der Waals surface area contributed by atoms with E-state index in [1.165, 1.54) is 12.1 Å². The molecule has 0 aliphatic carbocycles. The maximum absolute atomic E-state index is 14.5. The Labute approximate surface area is 153 Å². The normalized spacial score (nSPS) is 22.7. The van der Waals surface area contributed by atoms with Crippen LogP contribution in [0.2, 0.25) is 19.6 Å². The fourth-order valence-electron chi connectivity index (χ4n) is 3.45. The summed E-state index contributed by atoms with van der Waals surface area (Å²) in [6.45, 7) is 6.28. The summed E-state index contributed by atoms with van der Waals surface area (Å²) in [5.41, 5.74) is -1.09. The van der Waals surface area contributed by atoms with Crippen molar-refractivity contribution in [3.8, 4) is 0 Å². The van der Waals surface area contributed by atoms with Crippen LogP contribution in [0.15, 0.2) is 60.7 Å². The minimum atomic E-state index is -4.50. The van der Waals surface area contributed by atoms with Gasteiger partial charge in [0, 0.05) is 13.1 Å². The number of halogens is 3. The summed E-state index contributed by atoms with van der Waals surface area (Å²) in [5, 5.41) is 0. The van der Waals surface area contributed by atoms with Gasteiger partial charge in [-0.25, -0.2) is 0 Å². The van der Waals surface area contributed by atoms with E-state index in [9.17, 15) is 13.2 Å². The number of hydrogen-bond donors (Lipinski definition) is 0. The summed E-state index contributed by atoms with van der Waals surface area (Å²) in [7, 11) is -2.48. The zero-order chi connectivity index (χ0) is 19.0. The van der Waals surface area contributed by atoms with Crippen molar-refractivity contribution in [2.75, 3.05) is 6.54 Å². The Morgan fingerprint density at radius 2 is 1.50 bits per heavy atom. The van der Waals surface area contributed by atoms with Gasteiger partial charge in [-0.2, -0.15) is 13.2 Å². The molecule has 2 nitrogen and oxygen atoms in total. The van der Waals surface area contributed by atoms with Gasteiger partial charge in [0.15, 0.2) is 13.9 Å². The van der Waals surface area contributed by atoms with Crippen LogP contribution in [0.25, 0.3) is 0 Å². The highest BCUT2D eigenvalue weighted by atomic mass is 28.4. The van der Waals surface area contributed by atoms with Crippen molar-refractivity contribution in [3.63, 3.8) is 0 Å². The molecule has 26 heavy (non-hydrogen) atoms. The van der Waals surface area contributed by atoms with Crippen LogP contribution in [0.4, 0.5) is 13.2 Å². The third-order valence-corrected chi connectivity index (χ3v) is 5.44. The van der Waals surface area contributed by atoms with Crippen LogP contribution in [0.5, 0.6) is 0 Å². The quantitative estimate of drug-likeness (QED) is 0.506. The minimum absolute atomic E-state index is 0.190. The van der Waals surface area contributed by atoms with Crippen LogP contribution in [0.1, 0.15) is 11.1 Å². The highest BCUT2D eigenvalue weighted by Gasteiger charge is 2.68. The number of alkyl halides is 3. The zero-order valence-corrected chi connectivity index (χ0v) is 16.3. The van der Waals surface area contributed by atoms with Crippen molar-refractivity contribution in [2.24, 2.45) is 0 Å². The van der Waals surface area contributed by atoms with E-state index in [1.54, 1.807) is 37.8 Å². The lowest BCUT2D eigenvalue weighted by molar-refractivity contribution is -0.261. The first kappa shape index (κ1) is 19.1. The van der Waals surface area contributed by atoms with Crippen molar-refractivity contribution in [1.29, 1.82) is 0 Å². The first-order chi connectivity index (χ1) is 12.1. The molecular formula is C20H24F3NOSi. The van der Waals surface area contributed by atoms with Crippen LogP contribution < -0.4 is 0 Å². The Balaban J connectivity index is 1.98. The number of benzene rings is 2. The largest absolute Gasteiger partial charge is 0.422 e.